The molecule has 15 heavy (non-hydrogen) atoms. The number of aromatic nitrogens is 3. The topological polar surface area (TPSA) is 76.7 Å². The minimum Gasteiger partial charge on any atom is -0.481 e. The third kappa shape index (κ3) is 1.74. The number of hydrogen-bond donors (Lipinski definition) is 1. The van der Waals surface area contributed by atoms with Crippen LogP contribution in [0, 0.1) is 0 Å². The second-order valence-electron chi connectivity index (χ2n) is 2.98. The van der Waals surface area contributed by atoms with E-state index in [2.05, 4.69) is 9.97 Å². The van der Waals surface area contributed by atoms with Crippen molar-refractivity contribution in [2.75, 3.05) is 7.11 Å². The first kappa shape index (κ1) is 9.45. The molecule has 2 rings (SSSR count). The third-order valence-corrected chi connectivity index (χ3v) is 1.94. The molecule has 0 aliphatic heterocycles. The van der Waals surface area contributed by atoms with Gasteiger partial charge in [0.25, 0.3) is 0 Å². The largest absolute Gasteiger partial charge is 0.481 e. The van der Waals surface area contributed by atoms with Crippen molar-refractivity contribution >= 4 is 11.6 Å². The minimum absolute atomic E-state index is 0.106. The molecule has 0 saturated carbocycles. The summed E-state index contributed by atoms with van der Waals surface area (Å²) in [6.07, 6.45) is 4.61. The lowest BCUT2D eigenvalue weighted by Gasteiger charge is -2.00. The number of aliphatic carboxylic acids is 1. The lowest BCUT2D eigenvalue weighted by Crippen LogP contribution is -1.99. The highest BCUT2D eigenvalue weighted by Gasteiger charge is 2.08. The maximum absolute atomic E-state index is 10.5. The number of hydrogen-bond acceptors (Lipinski definition) is 4. The van der Waals surface area contributed by atoms with Crippen LogP contribution in [-0.4, -0.2) is 32.6 Å². The van der Waals surface area contributed by atoms with Crippen molar-refractivity contribution in [3.63, 3.8) is 0 Å². The Morgan fingerprint density at radius 3 is 3.07 bits per heavy atom. The monoisotopic (exact) mass is 207 g/mol. The fourth-order valence-corrected chi connectivity index (χ4v) is 1.33. The molecule has 0 radical (unpaired) electrons. The molecule has 0 atom stereocenters. The molecule has 0 aliphatic carbocycles. The van der Waals surface area contributed by atoms with Gasteiger partial charge in [-0.25, -0.2) is 4.98 Å². The second kappa shape index (κ2) is 3.56. The Kier molecular flexibility index (Phi) is 2.24. The highest BCUT2D eigenvalue weighted by molar-refractivity contribution is 5.69. The van der Waals surface area contributed by atoms with Gasteiger partial charge >= 0.3 is 5.97 Å². The van der Waals surface area contributed by atoms with Gasteiger partial charge in [-0.15, -0.1) is 0 Å². The molecule has 2 aromatic rings. The zero-order valence-electron chi connectivity index (χ0n) is 8.04. The van der Waals surface area contributed by atoms with Gasteiger partial charge < -0.3 is 9.84 Å². The lowest BCUT2D eigenvalue weighted by atomic mass is 10.3. The quantitative estimate of drug-likeness (QED) is 0.786. The number of rotatable bonds is 3. The van der Waals surface area contributed by atoms with Crippen molar-refractivity contribution in [2.24, 2.45) is 0 Å². The van der Waals surface area contributed by atoms with Crippen LogP contribution in [0.1, 0.15) is 5.69 Å². The van der Waals surface area contributed by atoms with Crippen LogP contribution in [0.25, 0.3) is 5.65 Å². The van der Waals surface area contributed by atoms with Gasteiger partial charge in [0.05, 0.1) is 31.6 Å². The first-order chi connectivity index (χ1) is 7.20. The van der Waals surface area contributed by atoms with Crippen LogP contribution in [0.15, 0.2) is 18.6 Å². The fraction of sp³-hybridized carbons (Fsp3) is 0.222. The summed E-state index contributed by atoms with van der Waals surface area (Å²) in [4.78, 5) is 18.5. The molecule has 0 fully saturated rings. The van der Waals surface area contributed by atoms with Gasteiger partial charge in [0.1, 0.15) is 0 Å². The predicted octanol–water partition coefficient (Wildman–Crippen LogP) is 0.365. The lowest BCUT2D eigenvalue weighted by molar-refractivity contribution is -0.136. The Bertz CT molecular complexity index is 506. The van der Waals surface area contributed by atoms with Crippen LogP contribution in [0.2, 0.25) is 0 Å². The number of methoxy groups -OCH3 is 1. The van der Waals surface area contributed by atoms with Gasteiger partial charge in [0, 0.05) is 6.20 Å². The number of fused-ring (bicyclic) bond motifs is 1. The van der Waals surface area contributed by atoms with E-state index >= 15 is 0 Å². The van der Waals surface area contributed by atoms with Crippen molar-refractivity contribution in [1.82, 2.24) is 14.4 Å². The molecule has 0 bridgehead atoms. The van der Waals surface area contributed by atoms with Crippen molar-refractivity contribution in [3.8, 4) is 5.88 Å². The average molecular weight is 207 g/mol. The van der Waals surface area contributed by atoms with Crippen LogP contribution in [0.4, 0.5) is 0 Å². The third-order valence-electron chi connectivity index (χ3n) is 1.94. The zero-order valence-corrected chi connectivity index (χ0v) is 8.04. The van der Waals surface area contributed by atoms with E-state index in [9.17, 15) is 4.79 Å². The molecule has 0 spiro atoms. The van der Waals surface area contributed by atoms with E-state index in [1.165, 1.54) is 7.11 Å². The molecule has 0 aromatic carbocycles. The first-order valence-electron chi connectivity index (χ1n) is 4.28. The van der Waals surface area contributed by atoms with E-state index in [-0.39, 0.29) is 6.42 Å². The fourth-order valence-electron chi connectivity index (χ4n) is 1.33. The molecule has 0 unspecified atom stereocenters. The maximum Gasteiger partial charge on any atom is 0.309 e. The molecular weight excluding hydrogens is 198 g/mol. The Morgan fingerprint density at radius 2 is 2.40 bits per heavy atom. The summed E-state index contributed by atoms with van der Waals surface area (Å²) in [5, 5.41) is 8.62. The number of carboxylic acid groups (broad SMARTS) is 1. The van der Waals surface area contributed by atoms with Crippen molar-refractivity contribution < 1.29 is 14.6 Å². The average Bonchev–Trinajstić information content (AvgIpc) is 2.58. The summed E-state index contributed by atoms with van der Waals surface area (Å²) in [7, 11) is 1.52. The Hall–Kier alpha value is -2.11. The van der Waals surface area contributed by atoms with Crippen LogP contribution in [0.3, 0.4) is 0 Å². The second-order valence-corrected chi connectivity index (χ2v) is 2.98. The molecule has 0 saturated heterocycles. The zero-order chi connectivity index (χ0) is 10.8. The highest BCUT2D eigenvalue weighted by atomic mass is 16.5. The summed E-state index contributed by atoms with van der Waals surface area (Å²) < 4.78 is 6.72. The first-order valence-corrected chi connectivity index (χ1v) is 4.28. The molecule has 0 amide bonds. The number of nitrogens with zero attached hydrogens (tertiary/aromatic N) is 3. The number of ether oxygens (including phenoxy) is 1. The number of imidazole rings is 1. The van der Waals surface area contributed by atoms with Crippen LogP contribution < -0.4 is 4.74 Å². The van der Waals surface area contributed by atoms with Crippen LogP contribution in [0.5, 0.6) is 5.88 Å². The Morgan fingerprint density at radius 1 is 1.60 bits per heavy atom. The summed E-state index contributed by atoms with van der Waals surface area (Å²) in [5.74, 6) is -0.387. The van der Waals surface area contributed by atoms with Gasteiger partial charge in [0.2, 0.25) is 5.88 Å². The Balaban J connectivity index is 2.50. The molecule has 2 heterocycles. The van der Waals surface area contributed by atoms with Gasteiger partial charge in [-0.1, -0.05) is 0 Å². The van der Waals surface area contributed by atoms with Crippen molar-refractivity contribution in [3.05, 3.63) is 24.3 Å². The van der Waals surface area contributed by atoms with Gasteiger partial charge in [-0.2, -0.15) is 0 Å². The highest BCUT2D eigenvalue weighted by Crippen LogP contribution is 2.13. The van der Waals surface area contributed by atoms with Gasteiger partial charge in [0.15, 0.2) is 5.65 Å². The van der Waals surface area contributed by atoms with E-state index in [1.54, 1.807) is 23.0 Å². The SMILES string of the molecule is COc1cncc2nc(CC(=O)O)cn12. The number of carbonyl (C=O) groups is 1. The minimum atomic E-state index is -0.912. The van der Waals surface area contributed by atoms with Crippen molar-refractivity contribution in [2.45, 2.75) is 6.42 Å². The van der Waals surface area contributed by atoms with Crippen molar-refractivity contribution in [1.29, 1.82) is 0 Å². The van der Waals surface area contributed by atoms with Crippen LogP contribution in [-0.2, 0) is 11.2 Å². The molecule has 2 aromatic heterocycles. The summed E-state index contributed by atoms with van der Waals surface area (Å²) in [5.41, 5.74) is 1.06. The molecule has 1 N–H and O–H groups in total. The molecule has 6 nitrogen and oxygen atoms in total. The Labute approximate surface area is 85.2 Å². The summed E-state index contributed by atoms with van der Waals surface area (Å²) in [6.45, 7) is 0. The normalized spacial score (nSPS) is 10.5. The molecule has 78 valence electrons. The van der Waals surface area contributed by atoms with Gasteiger partial charge in [-0.3, -0.25) is 14.2 Å². The maximum atomic E-state index is 10.5. The van der Waals surface area contributed by atoms with Gasteiger partial charge in [-0.05, 0) is 0 Å². The van der Waals surface area contributed by atoms with E-state index in [4.69, 9.17) is 9.84 Å². The van der Waals surface area contributed by atoms with E-state index in [0.717, 1.165) is 0 Å². The summed E-state index contributed by atoms with van der Waals surface area (Å²) in [6, 6.07) is 0. The molecule has 6 heteroatoms. The molecule has 0 aliphatic rings. The summed E-state index contributed by atoms with van der Waals surface area (Å²) >= 11 is 0. The number of carboxylic acids is 1. The smallest absolute Gasteiger partial charge is 0.309 e. The molecular formula is C9H9N3O3. The van der Waals surface area contributed by atoms with Crippen LogP contribution >= 0.6 is 0 Å². The van der Waals surface area contributed by atoms with E-state index in [1.807, 2.05) is 0 Å². The standard InChI is InChI=1S/C9H9N3O3/c1-15-8-4-10-3-7-11-6(2-9(13)14)5-12(7)8/h3-5H,2H2,1H3,(H,13,14). The predicted molar refractivity (Wildman–Crippen MR) is 50.9 cm³/mol. The van der Waals surface area contributed by atoms with E-state index in [0.29, 0.717) is 17.2 Å². The van der Waals surface area contributed by atoms with E-state index < -0.39 is 5.97 Å².